The van der Waals surface area contributed by atoms with Gasteiger partial charge in [0.2, 0.25) is 5.91 Å². The van der Waals surface area contributed by atoms with E-state index in [-0.39, 0.29) is 31.6 Å². The van der Waals surface area contributed by atoms with Gasteiger partial charge in [-0.2, -0.15) is 0 Å². The Balaban J connectivity index is 1.25. The van der Waals surface area contributed by atoms with Gasteiger partial charge in [0.15, 0.2) is 11.5 Å². The van der Waals surface area contributed by atoms with Gasteiger partial charge in [0.05, 0.1) is 25.7 Å². The molecule has 2 aromatic carbocycles. The molecule has 5 rings (SSSR count). The summed E-state index contributed by atoms with van der Waals surface area (Å²) >= 11 is 0. The van der Waals surface area contributed by atoms with Crippen molar-refractivity contribution in [3.8, 4) is 17.2 Å². The molecule has 1 saturated heterocycles. The lowest BCUT2D eigenvalue weighted by Gasteiger charge is -2.38. The number of imide groups is 1. The first kappa shape index (κ1) is 30.7. The Kier molecular flexibility index (Phi) is 9.75. The predicted molar refractivity (Wildman–Crippen MR) is 161 cm³/mol. The fourth-order valence-electron chi connectivity index (χ4n) is 6.54. The van der Waals surface area contributed by atoms with E-state index in [1.54, 1.807) is 14.2 Å². The number of urea groups is 1. The maximum absolute atomic E-state index is 12.5. The Hall–Kier alpha value is -3.79. The number of fused-ring (bicyclic) bond motifs is 1. The first-order valence-corrected chi connectivity index (χ1v) is 15.3. The summed E-state index contributed by atoms with van der Waals surface area (Å²) in [7, 11) is 3.18. The van der Waals surface area contributed by atoms with Crippen LogP contribution in [0.2, 0.25) is 0 Å². The molecule has 0 radical (unpaired) electrons. The summed E-state index contributed by atoms with van der Waals surface area (Å²) in [5, 5.41) is 10.3. The fraction of sp³-hybridized carbons (Fsp3) is 0.545. The van der Waals surface area contributed by atoms with Gasteiger partial charge >= 0.3 is 12.0 Å². The third-order valence-corrected chi connectivity index (χ3v) is 8.92. The zero-order valence-electron chi connectivity index (χ0n) is 25.3. The topological polar surface area (TPSA) is 109 Å². The van der Waals surface area contributed by atoms with Crippen molar-refractivity contribution in [1.82, 2.24) is 14.7 Å². The van der Waals surface area contributed by atoms with E-state index < -0.39 is 11.4 Å². The number of likely N-dealkylation sites (N-methyl/N-ethyl adjacent to an activating group) is 1. The number of aliphatic carboxylic acids is 1. The average Bonchev–Trinajstić information content (AvgIpc) is 3.56. The summed E-state index contributed by atoms with van der Waals surface area (Å²) < 4.78 is 17.2. The van der Waals surface area contributed by atoms with Crippen LogP contribution >= 0.6 is 0 Å². The molecular weight excluding hydrogens is 550 g/mol. The van der Waals surface area contributed by atoms with Crippen LogP contribution in [0.4, 0.5) is 4.79 Å². The number of amides is 3. The molecule has 1 aliphatic carbocycles. The quantitative estimate of drug-likeness (QED) is 0.322. The number of hydrogen-bond acceptors (Lipinski definition) is 7. The zero-order chi connectivity index (χ0) is 30.4. The second-order valence-electron chi connectivity index (χ2n) is 12.0. The average molecular weight is 594 g/mol. The third kappa shape index (κ3) is 7.24. The summed E-state index contributed by atoms with van der Waals surface area (Å²) in [4.78, 5) is 41.6. The second-order valence-corrected chi connectivity index (χ2v) is 12.0. The van der Waals surface area contributed by atoms with Gasteiger partial charge in [0.25, 0.3) is 0 Å². The SMILES string of the molecule is COc1cc(CN(CCCc2ccc3c(c2)CCO3)CC2(C(=O)O)CCCCC2)ccc1OCCN1C(=O)CN(C)C1=O. The highest BCUT2D eigenvalue weighted by Gasteiger charge is 2.41. The van der Waals surface area contributed by atoms with Crippen LogP contribution in [0.3, 0.4) is 0 Å². The van der Waals surface area contributed by atoms with Crippen molar-refractivity contribution < 1.29 is 33.7 Å². The van der Waals surface area contributed by atoms with Gasteiger partial charge in [-0.3, -0.25) is 19.4 Å². The predicted octanol–water partition coefficient (Wildman–Crippen LogP) is 4.37. The minimum Gasteiger partial charge on any atom is -0.493 e. The van der Waals surface area contributed by atoms with Crippen molar-refractivity contribution in [3.63, 3.8) is 0 Å². The molecule has 0 bridgehead atoms. The van der Waals surface area contributed by atoms with Gasteiger partial charge < -0.3 is 24.2 Å². The van der Waals surface area contributed by atoms with Crippen LogP contribution in [0.1, 0.15) is 55.2 Å². The van der Waals surface area contributed by atoms with Crippen LogP contribution in [-0.2, 0) is 29.0 Å². The molecule has 43 heavy (non-hydrogen) atoms. The molecule has 232 valence electrons. The van der Waals surface area contributed by atoms with Crippen molar-refractivity contribution in [1.29, 1.82) is 0 Å². The van der Waals surface area contributed by atoms with E-state index in [1.807, 2.05) is 18.2 Å². The molecule has 0 aromatic heterocycles. The molecule has 0 spiro atoms. The summed E-state index contributed by atoms with van der Waals surface area (Å²) in [5.74, 6) is 1.14. The molecule has 1 N–H and O–H groups in total. The van der Waals surface area contributed by atoms with Crippen molar-refractivity contribution in [3.05, 3.63) is 53.1 Å². The standard InChI is InChI=1S/C33H43N3O7/c1-34-22-30(37)36(32(34)40)16-18-43-28-11-9-25(20-29(28)41-2)21-35(23-33(31(38)39)13-4-3-5-14-33)15-6-7-24-8-10-27-26(19-24)12-17-42-27/h8-11,19-20H,3-7,12-18,21-23H2,1-2H3,(H,38,39). The number of carboxylic acid groups (broad SMARTS) is 1. The van der Waals surface area contributed by atoms with Gasteiger partial charge in [0.1, 0.15) is 18.9 Å². The van der Waals surface area contributed by atoms with Gasteiger partial charge in [-0.05, 0) is 67.1 Å². The largest absolute Gasteiger partial charge is 0.493 e. The lowest BCUT2D eigenvalue weighted by molar-refractivity contribution is -0.152. The van der Waals surface area contributed by atoms with Crippen LogP contribution in [-0.4, -0.2) is 91.3 Å². The van der Waals surface area contributed by atoms with Crippen molar-refractivity contribution in [2.75, 3.05) is 53.6 Å². The van der Waals surface area contributed by atoms with Crippen molar-refractivity contribution in [2.24, 2.45) is 5.41 Å². The second kappa shape index (κ2) is 13.7. The molecule has 1 saturated carbocycles. The van der Waals surface area contributed by atoms with E-state index in [2.05, 4.69) is 23.1 Å². The molecule has 0 unspecified atom stereocenters. The minimum atomic E-state index is -0.727. The molecule has 2 heterocycles. The molecule has 10 nitrogen and oxygen atoms in total. The third-order valence-electron chi connectivity index (χ3n) is 8.92. The molecule has 10 heteroatoms. The van der Waals surface area contributed by atoms with Gasteiger partial charge in [-0.1, -0.05) is 37.5 Å². The smallest absolute Gasteiger partial charge is 0.327 e. The number of carbonyl (C=O) groups is 3. The summed E-state index contributed by atoms with van der Waals surface area (Å²) in [6, 6.07) is 11.9. The Morgan fingerprint density at radius 1 is 1.07 bits per heavy atom. The van der Waals surface area contributed by atoms with Crippen LogP contribution in [0.15, 0.2) is 36.4 Å². The van der Waals surface area contributed by atoms with Crippen molar-refractivity contribution >= 4 is 17.9 Å². The molecular formula is C33H43N3O7. The first-order valence-electron chi connectivity index (χ1n) is 15.3. The summed E-state index contributed by atoms with van der Waals surface area (Å²) in [5.41, 5.74) is 2.82. The maximum atomic E-state index is 12.5. The van der Waals surface area contributed by atoms with E-state index in [4.69, 9.17) is 14.2 Å². The number of benzene rings is 2. The highest BCUT2D eigenvalue weighted by molar-refractivity contribution is 6.01. The van der Waals surface area contributed by atoms with E-state index in [0.717, 1.165) is 63.0 Å². The highest BCUT2D eigenvalue weighted by Crippen LogP contribution is 2.38. The van der Waals surface area contributed by atoms with E-state index in [9.17, 15) is 19.5 Å². The monoisotopic (exact) mass is 593 g/mol. The Bertz CT molecular complexity index is 1320. The number of nitrogens with zero attached hydrogens (tertiary/aromatic N) is 3. The lowest BCUT2D eigenvalue weighted by atomic mass is 9.73. The number of carboxylic acids is 1. The van der Waals surface area contributed by atoms with E-state index in [1.165, 1.54) is 20.9 Å². The molecule has 0 atom stereocenters. The van der Waals surface area contributed by atoms with Gasteiger partial charge in [-0.25, -0.2) is 4.79 Å². The zero-order valence-corrected chi connectivity index (χ0v) is 25.3. The maximum Gasteiger partial charge on any atom is 0.327 e. The van der Waals surface area contributed by atoms with Crippen LogP contribution in [0.25, 0.3) is 0 Å². The lowest BCUT2D eigenvalue weighted by Crippen LogP contribution is -2.44. The Morgan fingerprint density at radius 3 is 2.58 bits per heavy atom. The molecule has 2 aliphatic heterocycles. The fourth-order valence-corrected chi connectivity index (χ4v) is 6.54. The minimum absolute atomic E-state index is 0.0821. The van der Waals surface area contributed by atoms with Crippen molar-refractivity contribution in [2.45, 2.75) is 57.9 Å². The van der Waals surface area contributed by atoms with Gasteiger partial charge in [0, 0.05) is 26.6 Å². The molecule has 2 fully saturated rings. The first-order chi connectivity index (χ1) is 20.8. The number of hydrogen-bond donors (Lipinski definition) is 1. The molecule has 2 aromatic rings. The Labute approximate surface area is 253 Å². The Morgan fingerprint density at radius 2 is 1.86 bits per heavy atom. The number of methoxy groups -OCH3 is 1. The normalized spacial score (nSPS) is 17.7. The van der Waals surface area contributed by atoms with Crippen LogP contribution in [0, 0.1) is 5.41 Å². The highest BCUT2D eigenvalue weighted by atomic mass is 16.5. The number of carbonyl (C=O) groups excluding carboxylic acids is 2. The summed E-state index contributed by atoms with van der Waals surface area (Å²) in [6.45, 7) is 3.01. The number of aryl methyl sites for hydroxylation is 1. The van der Waals surface area contributed by atoms with E-state index in [0.29, 0.717) is 37.4 Å². The number of ether oxygens (including phenoxy) is 3. The molecule has 3 amide bonds. The molecule has 3 aliphatic rings. The summed E-state index contributed by atoms with van der Waals surface area (Å²) in [6.07, 6.45) is 7.17. The van der Waals surface area contributed by atoms with Gasteiger partial charge in [-0.15, -0.1) is 0 Å². The van der Waals surface area contributed by atoms with E-state index >= 15 is 0 Å². The van der Waals surface area contributed by atoms with Crippen LogP contribution in [0.5, 0.6) is 17.2 Å². The van der Waals surface area contributed by atoms with Crippen LogP contribution < -0.4 is 14.2 Å². The number of rotatable bonds is 14.